The average molecular weight is 513 g/mol. The largest absolute Gasteiger partial charge is 0.401 e. The molecular formula is C32H44N2Si2. The monoisotopic (exact) mass is 512 g/mol. The van der Waals surface area contributed by atoms with Crippen molar-refractivity contribution in [1.82, 2.24) is 0 Å². The van der Waals surface area contributed by atoms with Crippen molar-refractivity contribution in [2.75, 3.05) is 23.2 Å². The molecule has 0 amide bonds. The molecule has 4 heteroatoms. The summed E-state index contributed by atoms with van der Waals surface area (Å²) in [5.41, 5.74) is 10.1. The Labute approximate surface area is 222 Å². The Hall–Kier alpha value is -2.83. The quantitative estimate of drug-likeness (QED) is 0.278. The third-order valence-corrected chi connectivity index (χ3v) is 11.7. The molecule has 0 aromatic heterocycles. The van der Waals surface area contributed by atoms with Gasteiger partial charge in [0.15, 0.2) is 0 Å². The standard InChI is InChI=1S/C32H44N2Si2/c1-11-31(25-16-20-29(21-17-25)33(3)35(5,6)7)27-14-13-15-28(24-27)32(12-2)26-18-22-30(23-19-26)34(4)36(8,9)10/h11-24H,1-10H3/b31-11-,32-12+. The number of rotatable bonds is 8. The summed E-state index contributed by atoms with van der Waals surface area (Å²) in [4.78, 5) is 0. The van der Waals surface area contributed by atoms with Crippen LogP contribution in [0.5, 0.6) is 0 Å². The van der Waals surface area contributed by atoms with E-state index in [0.717, 1.165) is 0 Å². The maximum atomic E-state index is 2.46. The van der Waals surface area contributed by atoms with E-state index < -0.39 is 16.5 Å². The van der Waals surface area contributed by atoms with Crippen LogP contribution >= 0.6 is 0 Å². The molecule has 0 atom stereocenters. The van der Waals surface area contributed by atoms with Crippen molar-refractivity contribution in [1.29, 1.82) is 0 Å². The molecular weight excluding hydrogens is 469 g/mol. The lowest BCUT2D eigenvalue weighted by Crippen LogP contribution is -2.43. The minimum absolute atomic E-state index is 1.25. The van der Waals surface area contributed by atoms with Crippen LogP contribution in [-0.2, 0) is 0 Å². The van der Waals surface area contributed by atoms with Gasteiger partial charge in [-0.05, 0) is 91.7 Å². The predicted molar refractivity (Wildman–Crippen MR) is 168 cm³/mol. The van der Waals surface area contributed by atoms with Gasteiger partial charge in [0.1, 0.15) is 16.5 Å². The van der Waals surface area contributed by atoms with Crippen LogP contribution in [0.25, 0.3) is 11.1 Å². The second-order valence-corrected chi connectivity index (χ2v) is 21.6. The van der Waals surface area contributed by atoms with E-state index in [4.69, 9.17) is 0 Å². The van der Waals surface area contributed by atoms with Crippen LogP contribution in [0.3, 0.4) is 0 Å². The first-order chi connectivity index (χ1) is 16.9. The van der Waals surface area contributed by atoms with Crippen molar-refractivity contribution >= 4 is 39.0 Å². The Balaban J connectivity index is 1.91. The Bertz CT molecular complexity index is 1130. The molecule has 3 rings (SSSR count). The first-order valence-electron chi connectivity index (χ1n) is 13.0. The van der Waals surface area contributed by atoms with Crippen LogP contribution in [0.1, 0.15) is 36.1 Å². The number of anilines is 2. The highest BCUT2D eigenvalue weighted by molar-refractivity contribution is 6.80. The Morgan fingerprint density at radius 3 is 1.14 bits per heavy atom. The molecule has 0 radical (unpaired) electrons. The van der Waals surface area contributed by atoms with Crippen molar-refractivity contribution in [2.24, 2.45) is 0 Å². The van der Waals surface area contributed by atoms with Crippen LogP contribution in [0.15, 0.2) is 84.9 Å². The van der Waals surface area contributed by atoms with E-state index in [2.05, 4.69) is 161 Å². The van der Waals surface area contributed by atoms with Crippen LogP contribution in [0, 0.1) is 0 Å². The molecule has 2 nitrogen and oxygen atoms in total. The normalized spacial score (nSPS) is 13.1. The summed E-state index contributed by atoms with van der Waals surface area (Å²) in [6.45, 7) is 18.5. The Morgan fingerprint density at radius 1 is 0.528 bits per heavy atom. The van der Waals surface area contributed by atoms with Gasteiger partial charge in [0.25, 0.3) is 0 Å². The third-order valence-electron chi connectivity index (χ3n) is 7.21. The van der Waals surface area contributed by atoms with Gasteiger partial charge in [0, 0.05) is 11.4 Å². The maximum Gasteiger partial charge on any atom is 0.147 e. The number of hydrogen-bond donors (Lipinski definition) is 0. The number of nitrogens with zero attached hydrogens (tertiary/aromatic N) is 2. The van der Waals surface area contributed by atoms with Crippen molar-refractivity contribution < 1.29 is 0 Å². The second kappa shape index (κ2) is 11.1. The molecule has 0 aliphatic rings. The first-order valence-corrected chi connectivity index (χ1v) is 19.9. The average Bonchev–Trinajstić information content (AvgIpc) is 2.84. The molecule has 0 N–H and O–H groups in total. The third kappa shape index (κ3) is 6.29. The SMILES string of the molecule is C/C=C(/c1ccc(N(C)[Si](C)(C)C)cc1)c1cccc(/C(=C/C)c2ccc(N(C)[Si](C)(C)C)cc2)c1. The number of benzene rings is 3. The Morgan fingerprint density at radius 2 is 0.861 bits per heavy atom. The second-order valence-electron chi connectivity index (χ2n) is 11.5. The lowest BCUT2D eigenvalue weighted by molar-refractivity contribution is 1.25. The zero-order valence-electron chi connectivity index (χ0n) is 24.0. The fourth-order valence-electron chi connectivity index (χ4n) is 4.36. The van der Waals surface area contributed by atoms with Gasteiger partial charge in [0.05, 0.1) is 0 Å². The molecule has 0 aliphatic carbocycles. The molecule has 36 heavy (non-hydrogen) atoms. The summed E-state index contributed by atoms with van der Waals surface area (Å²) in [5.74, 6) is 0. The van der Waals surface area contributed by atoms with Crippen LogP contribution in [0.2, 0.25) is 39.3 Å². The summed E-state index contributed by atoms with van der Waals surface area (Å²) >= 11 is 0. The van der Waals surface area contributed by atoms with Crippen LogP contribution in [0.4, 0.5) is 11.4 Å². The van der Waals surface area contributed by atoms with E-state index in [1.54, 1.807) is 0 Å². The lowest BCUT2D eigenvalue weighted by Gasteiger charge is -2.32. The highest BCUT2D eigenvalue weighted by atomic mass is 28.3. The summed E-state index contributed by atoms with van der Waals surface area (Å²) in [6.07, 6.45) is 4.46. The van der Waals surface area contributed by atoms with Crippen molar-refractivity contribution in [2.45, 2.75) is 53.1 Å². The van der Waals surface area contributed by atoms with Crippen molar-refractivity contribution in [3.8, 4) is 0 Å². The molecule has 0 heterocycles. The molecule has 0 aliphatic heterocycles. The molecule has 0 spiro atoms. The zero-order chi connectivity index (χ0) is 26.7. The first kappa shape index (κ1) is 27.8. The number of hydrogen-bond acceptors (Lipinski definition) is 2. The highest BCUT2D eigenvalue weighted by Gasteiger charge is 2.21. The van der Waals surface area contributed by atoms with Gasteiger partial charge < -0.3 is 9.13 Å². The van der Waals surface area contributed by atoms with E-state index in [0.29, 0.717) is 0 Å². The van der Waals surface area contributed by atoms with E-state index in [9.17, 15) is 0 Å². The van der Waals surface area contributed by atoms with Gasteiger partial charge in [-0.15, -0.1) is 0 Å². The molecule has 3 aromatic rings. The van der Waals surface area contributed by atoms with Gasteiger partial charge >= 0.3 is 0 Å². The smallest absolute Gasteiger partial charge is 0.147 e. The van der Waals surface area contributed by atoms with E-state index >= 15 is 0 Å². The van der Waals surface area contributed by atoms with Gasteiger partial charge in [-0.1, -0.05) is 93.9 Å². The molecule has 0 saturated carbocycles. The minimum atomic E-state index is -1.38. The molecule has 0 saturated heterocycles. The minimum Gasteiger partial charge on any atom is -0.401 e. The van der Waals surface area contributed by atoms with Gasteiger partial charge in [-0.25, -0.2) is 0 Å². The molecule has 190 valence electrons. The molecule has 0 bridgehead atoms. The molecule has 0 unspecified atom stereocenters. The Kier molecular flexibility index (Phi) is 8.53. The summed E-state index contributed by atoms with van der Waals surface area (Å²) in [5, 5.41) is 0. The fourth-order valence-corrected chi connectivity index (χ4v) is 6.21. The summed E-state index contributed by atoms with van der Waals surface area (Å²) in [6, 6.07) is 27.0. The van der Waals surface area contributed by atoms with Gasteiger partial charge in [-0.2, -0.15) is 0 Å². The number of allylic oxidation sites excluding steroid dienone is 2. The highest BCUT2D eigenvalue weighted by Crippen LogP contribution is 2.31. The predicted octanol–water partition coefficient (Wildman–Crippen LogP) is 9.13. The summed E-state index contributed by atoms with van der Waals surface area (Å²) < 4.78 is 4.91. The topological polar surface area (TPSA) is 6.48 Å². The zero-order valence-corrected chi connectivity index (χ0v) is 26.0. The lowest BCUT2D eigenvalue weighted by atomic mass is 9.92. The van der Waals surface area contributed by atoms with Crippen molar-refractivity contribution in [3.05, 3.63) is 107 Å². The fraction of sp³-hybridized carbons (Fsp3) is 0.312. The summed E-state index contributed by atoms with van der Waals surface area (Å²) in [7, 11) is 1.67. The van der Waals surface area contributed by atoms with Gasteiger partial charge in [-0.3, -0.25) is 0 Å². The van der Waals surface area contributed by atoms with Crippen LogP contribution < -0.4 is 9.13 Å². The molecule has 0 fully saturated rings. The van der Waals surface area contributed by atoms with E-state index in [1.165, 1.54) is 44.8 Å². The van der Waals surface area contributed by atoms with Crippen LogP contribution in [-0.4, -0.2) is 30.6 Å². The maximum absolute atomic E-state index is 2.46. The van der Waals surface area contributed by atoms with E-state index in [-0.39, 0.29) is 0 Å². The van der Waals surface area contributed by atoms with E-state index in [1.807, 2.05) is 0 Å². The molecule has 3 aromatic carbocycles. The van der Waals surface area contributed by atoms with Gasteiger partial charge in [0.2, 0.25) is 0 Å². The van der Waals surface area contributed by atoms with Crippen molar-refractivity contribution in [3.63, 3.8) is 0 Å².